The van der Waals surface area contributed by atoms with Crippen molar-refractivity contribution in [1.82, 2.24) is 14.8 Å². The lowest BCUT2D eigenvalue weighted by Crippen LogP contribution is -2.27. The van der Waals surface area contributed by atoms with Gasteiger partial charge in [-0.1, -0.05) is 54.6 Å². The lowest BCUT2D eigenvalue weighted by atomic mass is 10.1. The van der Waals surface area contributed by atoms with Crippen LogP contribution in [0.3, 0.4) is 0 Å². The quantitative estimate of drug-likeness (QED) is 0.469. The molecule has 2 aromatic heterocycles. The number of fused-ring (bicyclic) bond motifs is 1. The van der Waals surface area contributed by atoms with E-state index in [0.29, 0.717) is 12.2 Å². The lowest BCUT2D eigenvalue weighted by Gasteiger charge is -2.15. The second-order valence-corrected chi connectivity index (χ2v) is 7.06. The molecule has 1 N–H and O–H groups in total. The minimum Gasteiger partial charge on any atom is -0.453 e. The Kier molecular flexibility index (Phi) is 5.75. The molecule has 2 heterocycles. The topological polar surface area (TPSA) is 86.1 Å². The van der Waals surface area contributed by atoms with Gasteiger partial charge in [0.05, 0.1) is 11.9 Å². The Morgan fingerprint density at radius 2 is 1.81 bits per heavy atom. The first-order valence-electron chi connectivity index (χ1n) is 10.0. The number of benzene rings is 2. The average Bonchev–Trinajstić information content (AvgIpc) is 2.81. The van der Waals surface area contributed by atoms with E-state index in [1.165, 1.54) is 10.7 Å². The van der Waals surface area contributed by atoms with Gasteiger partial charge < -0.3 is 10.1 Å². The second kappa shape index (κ2) is 8.79. The van der Waals surface area contributed by atoms with Crippen molar-refractivity contribution in [3.63, 3.8) is 0 Å². The number of hydrogen-bond donors (Lipinski definition) is 1. The molecule has 0 bridgehead atoms. The summed E-state index contributed by atoms with van der Waals surface area (Å²) in [5.74, 6) is -0.599. The van der Waals surface area contributed by atoms with Crippen molar-refractivity contribution in [2.75, 3.05) is 5.32 Å². The molecule has 0 fully saturated rings. The summed E-state index contributed by atoms with van der Waals surface area (Å²) in [4.78, 5) is 29.8. The van der Waals surface area contributed by atoms with E-state index in [-0.39, 0.29) is 16.9 Å². The van der Waals surface area contributed by atoms with Gasteiger partial charge in [0.2, 0.25) is 0 Å². The molecule has 1 unspecified atom stereocenters. The van der Waals surface area contributed by atoms with Gasteiger partial charge in [-0.05, 0) is 19.4 Å². The zero-order valence-electron chi connectivity index (χ0n) is 17.3. The molecule has 1 atom stereocenters. The molecule has 0 aliphatic rings. The number of anilines is 2. The average molecular weight is 414 g/mol. The van der Waals surface area contributed by atoms with Gasteiger partial charge in [0.1, 0.15) is 11.8 Å². The van der Waals surface area contributed by atoms with Gasteiger partial charge in [0.25, 0.3) is 5.56 Å². The number of hydrogen-bond acceptors (Lipinski definition) is 6. The number of esters is 1. The van der Waals surface area contributed by atoms with Crippen molar-refractivity contribution in [3.8, 4) is 0 Å². The van der Waals surface area contributed by atoms with Gasteiger partial charge in [-0.15, -0.1) is 0 Å². The van der Waals surface area contributed by atoms with Crippen LogP contribution in [0.15, 0.2) is 77.9 Å². The van der Waals surface area contributed by atoms with Crippen LogP contribution >= 0.6 is 0 Å². The third-order valence-electron chi connectivity index (χ3n) is 4.97. The van der Waals surface area contributed by atoms with Crippen LogP contribution < -0.4 is 10.9 Å². The number of rotatable bonds is 6. The Morgan fingerprint density at radius 1 is 1.06 bits per heavy atom. The van der Waals surface area contributed by atoms with Crippen LogP contribution in [0.5, 0.6) is 0 Å². The third kappa shape index (κ3) is 4.30. The zero-order chi connectivity index (χ0) is 21.8. The second-order valence-electron chi connectivity index (χ2n) is 7.06. The van der Waals surface area contributed by atoms with E-state index < -0.39 is 12.1 Å². The molecule has 2 aromatic carbocycles. The fourth-order valence-corrected chi connectivity index (χ4v) is 3.32. The molecule has 0 saturated carbocycles. The monoisotopic (exact) mass is 414 g/mol. The van der Waals surface area contributed by atoms with Gasteiger partial charge in [0, 0.05) is 29.6 Å². The number of nitrogens with zero attached hydrogens (tertiary/aromatic N) is 3. The van der Waals surface area contributed by atoms with Crippen LogP contribution in [0.4, 0.5) is 11.4 Å². The summed E-state index contributed by atoms with van der Waals surface area (Å²) in [6.45, 7) is 3.90. The fraction of sp³-hybridized carbons (Fsp3) is 0.167. The highest BCUT2D eigenvalue weighted by Crippen LogP contribution is 2.24. The molecule has 0 saturated heterocycles. The molecule has 0 spiro atoms. The van der Waals surface area contributed by atoms with Gasteiger partial charge in [-0.2, -0.15) is 5.10 Å². The largest absolute Gasteiger partial charge is 0.453 e. The van der Waals surface area contributed by atoms with E-state index in [0.717, 1.165) is 16.3 Å². The first-order chi connectivity index (χ1) is 15.1. The van der Waals surface area contributed by atoms with Crippen LogP contribution in [0.2, 0.25) is 0 Å². The predicted molar refractivity (Wildman–Crippen MR) is 119 cm³/mol. The molecule has 7 heteroatoms. The van der Waals surface area contributed by atoms with Crippen molar-refractivity contribution in [1.29, 1.82) is 0 Å². The molecule has 4 rings (SSSR count). The van der Waals surface area contributed by atoms with Gasteiger partial charge >= 0.3 is 5.97 Å². The van der Waals surface area contributed by atoms with Crippen molar-refractivity contribution < 1.29 is 9.53 Å². The van der Waals surface area contributed by atoms with Gasteiger partial charge in [0.15, 0.2) is 5.69 Å². The van der Waals surface area contributed by atoms with Crippen LogP contribution in [0.25, 0.3) is 10.8 Å². The minimum absolute atomic E-state index is 0.0555. The van der Waals surface area contributed by atoms with Crippen LogP contribution in [-0.2, 0) is 11.3 Å². The standard InChI is InChI=1S/C24H22N4O3/c1-3-28-23(29)20(26-22-15-25-14-18-11-7-8-12-19(18)22)13-21(27-28)24(30)31-16(2)17-9-5-4-6-10-17/h4-16,26H,3H2,1-2H3. The molecule has 0 aliphatic heterocycles. The van der Waals surface area contributed by atoms with E-state index in [2.05, 4.69) is 15.4 Å². The molecule has 0 aliphatic carbocycles. The lowest BCUT2D eigenvalue weighted by molar-refractivity contribution is 0.0327. The first kappa shape index (κ1) is 20.3. The van der Waals surface area contributed by atoms with E-state index in [1.807, 2.05) is 54.6 Å². The van der Waals surface area contributed by atoms with Gasteiger partial charge in [-0.3, -0.25) is 9.78 Å². The predicted octanol–water partition coefficient (Wildman–Crippen LogP) is 4.47. The Bertz CT molecular complexity index is 1280. The van der Waals surface area contributed by atoms with E-state index in [4.69, 9.17) is 4.74 Å². The molecule has 31 heavy (non-hydrogen) atoms. The van der Waals surface area contributed by atoms with Crippen LogP contribution in [-0.4, -0.2) is 20.7 Å². The number of carbonyl (C=O) groups excluding carboxylic acids is 1. The van der Waals surface area contributed by atoms with Crippen molar-refractivity contribution in [3.05, 3.63) is 94.7 Å². The molecule has 7 nitrogen and oxygen atoms in total. The van der Waals surface area contributed by atoms with E-state index >= 15 is 0 Å². The van der Waals surface area contributed by atoms with Crippen molar-refractivity contribution >= 4 is 28.1 Å². The number of nitrogens with one attached hydrogen (secondary N) is 1. The summed E-state index contributed by atoms with van der Waals surface area (Å²) in [5, 5.41) is 9.16. The summed E-state index contributed by atoms with van der Waals surface area (Å²) in [6.07, 6.45) is 2.95. The maximum atomic E-state index is 12.8. The highest BCUT2D eigenvalue weighted by atomic mass is 16.5. The Morgan fingerprint density at radius 3 is 2.58 bits per heavy atom. The van der Waals surface area contributed by atoms with E-state index in [1.54, 1.807) is 26.2 Å². The normalized spacial score (nSPS) is 11.8. The third-order valence-corrected chi connectivity index (χ3v) is 4.97. The summed E-state index contributed by atoms with van der Waals surface area (Å²) < 4.78 is 6.82. The summed E-state index contributed by atoms with van der Waals surface area (Å²) >= 11 is 0. The molecule has 0 radical (unpaired) electrons. The highest BCUT2D eigenvalue weighted by molar-refractivity contribution is 5.95. The van der Waals surface area contributed by atoms with Crippen LogP contribution in [0.1, 0.15) is 36.0 Å². The summed E-state index contributed by atoms with van der Waals surface area (Å²) in [7, 11) is 0. The Balaban J connectivity index is 1.67. The number of aryl methyl sites for hydroxylation is 1. The Labute approximate surface area is 179 Å². The molecule has 0 amide bonds. The van der Waals surface area contributed by atoms with Crippen molar-refractivity contribution in [2.45, 2.75) is 26.5 Å². The maximum absolute atomic E-state index is 12.8. The minimum atomic E-state index is -0.599. The zero-order valence-corrected chi connectivity index (χ0v) is 17.3. The SMILES string of the molecule is CCn1nc(C(=O)OC(C)c2ccccc2)cc(Nc2cncc3ccccc23)c1=O. The first-order valence-corrected chi connectivity index (χ1v) is 10.0. The number of ether oxygens (including phenoxy) is 1. The molecule has 4 aromatic rings. The number of aromatic nitrogens is 3. The fourth-order valence-electron chi connectivity index (χ4n) is 3.32. The molecular formula is C24H22N4O3. The maximum Gasteiger partial charge on any atom is 0.359 e. The summed E-state index contributed by atoms with van der Waals surface area (Å²) in [6, 6.07) is 18.6. The number of carbonyl (C=O) groups is 1. The van der Waals surface area contributed by atoms with Crippen molar-refractivity contribution in [2.24, 2.45) is 0 Å². The van der Waals surface area contributed by atoms with Gasteiger partial charge in [-0.25, -0.2) is 9.48 Å². The highest BCUT2D eigenvalue weighted by Gasteiger charge is 2.19. The smallest absolute Gasteiger partial charge is 0.359 e. The molecule has 156 valence electrons. The molecular weight excluding hydrogens is 392 g/mol. The Hall–Kier alpha value is -4.00. The number of pyridine rings is 1. The van der Waals surface area contributed by atoms with E-state index in [9.17, 15) is 9.59 Å². The summed E-state index contributed by atoms with van der Waals surface area (Å²) in [5.41, 5.74) is 1.50. The van der Waals surface area contributed by atoms with Crippen LogP contribution in [0, 0.1) is 0 Å².